The lowest BCUT2D eigenvalue weighted by atomic mass is 10.3. The van der Waals surface area contributed by atoms with Crippen molar-refractivity contribution in [2.24, 2.45) is 21.1 Å². The Bertz CT molecular complexity index is 1250. The van der Waals surface area contributed by atoms with Crippen molar-refractivity contribution in [1.82, 2.24) is 23.4 Å². The number of nitrogens with one attached hydrogen (secondary N) is 1. The Morgan fingerprint density at radius 3 is 2.18 bits per heavy atom. The van der Waals surface area contributed by atoms with Crippen molar-refractivity contribution in [1.29, 1.82) is 0 Å². The molecular weight excluding hydrogens is 388 g/mol. The van der Waals surface area contributed by atoms with Crippen LogP contribution in [0.5, 0.6) is 0 Å². The number of aryl methyl sites for hydroxylation is 2. The van der Waals surface area contributed by atoms with Gasteiger partial charge < -0.3 is 10.3 Å². The number of amides is 1. The zero-order valence-electron chi connectivity index (χ0n) is 15.7. The van der Waals surface area contributed by atoms with Crippen LogP contribution in [-0.2, 0) is 36.0 Å². The van der Waals surface area contributed by atoms with Gasteiger partial charge in [-0.3, -0.25) is 18.7 Å². The van der Waals surface area contributed by atoms with E-state index in [1.807, 2.05) is 4.72 Å². The number of sulfonamides is 1. The average molecular weight is 408 g/mol. The van der Waals surface area contributed by atoms with Gasteiger partial charge in [0.1, 0.15) is 0 Å². The third kappa shape index (κ3) is 4.11. The highest BCUT2D eigenvalue weighted by molar-refractivity contribution is 7.90. The lowest BCUT2D eigenvalue weighted by Crippen LogP contribution is -2.37. The van der Waals surface area contributed by atoms with E-state index in [4.69, 9.17) is 5.73 Å². The first-order valence-corrected chi connectivity index (χ1v) is 9.40. The number of carbonyl (C=O) groups is 1. The van der Waals surface area contributed by atoms with Gasteiger partial charge in [-0.1, -0.05) is 0 Å². The molecule has 11 nitrogen and oxygen atoms in total. The highest BCUT2D eigenvalue weighted by Crippen LogP contribution is 2.10. The van der Waals surface area contributed by atoms with Gasteiger partial charge in [0, 0.05) is 33.8 Å². The molecular formula is C16H20N6O5S. The molecule has 2 heterocycles. The fourth-order valence-corrected chi connectivity index (χ4v) is 3.36. The summed E-state index contributed by atoms with van der Waals surface area (Å²) >= 11 is 0. The third-order valence-corrected chi connectivity index (χ3v) is 5.23. The van der Waals surface area contributed by atoms with Crippen molar-refractivity contribution >= 4 is 32.8 Å². The van der Waals surface area contributed by atoms with E-state index in [1.165, 1.54) is 42.2 Å². The van der Waals surface area contributed by atoms with Crippen molar-refractivity contribution in [3.8, 4) is 0 Å². The van der Waals surface area contributed by atoms with Gasteiger partial charge in [-0.05, 0) is 24.3 Å². The van der Waals surface area contributed by atoms with Crippen LogP contribution < -0.4 is 21.7 Å². The minimum absolute atomic E-state index is 0.0156. The molecule has 1 amide bonds. The maximum atomic E-state index is 11.7. The minimum Gasteiger partial charge on any atom is -0.399 e. The fraction of sp³-hybridized carbons (Fsp3) is 0.250. The Labute approximate surface area is 160 Å². The van der Waals surface area contributed by atoms with Crippen molar-refractivity contribution in [3.63, 3.8) is 0 Å². The molecule has 3 aromatic rings. The molecule has 0 aliphatic rings. The molecule has 150 valence electrons. The van der Waals surface area contributed by atoms with Crippen molar-refractivity contribution < 1.29 is 13.2 Å². The quantitative estimate of drug-likeness (QED) is 0.520. The Kier molecular flexibility index (Phi) is 5.73. The number of rotatable bonds is 2. The molecule has 0 radical (unpaired) electrons. The number of anilines is 1. The molecule has 0 fully saturated rings. The van der Waals surface area contributed by atoms with Crippen molar-refractivity contribution in [2.75, 3.05) is 5.73 Å². The van der Waals surface area contributed by atoms with Crippen LogP contribution in [0.2, 0.25) is 0 Å². The Hall–Kier alpha value is -3.41. The second-order valence-corrected chi connectivity index (χ2v) is 7.65. The smallest absolute Gasteiger partial charge is 0.332 e. The summed E-state index contributed by atoms with van der Waals surface area (Å²) in [5.74, 6) is -0.623. The van der Waals surface area contributed by atoms with E-state index in [-0.39, 0.29) is 16.1 Å². The normalized spacial score (nSPS) is 11.0. The summed E-state index contributed by atoms with van der Waals surface area (Å²) in [5.41, 5.74) is 6.03. The molecule has 0 saturated heterocycles. The predicted octanol–water partition coefficient (Wildman–Crippen LogP) is -0.936. The zero-order valence-corrected chi connectivity index (χ0v) is 16.5. The number of nitrogens with two attached hydrogens (primary N) is 1. The molecule has 0 atom stereocenters. The number of imidazole rings is 1. The summed E-state index contributed by atoms with van der Waals surface area (Å²) in [6, 6.07) is 5.57. The van der Waals surface area contributed by atoms with Gasteiger partial charge in [-0.2, -0.15) is 0 Å². The molecule has 0 aliphatic carbocycles. The lowest BCUT2D eigenvalue weighted by molar-refractivity contribution is -0.117. The number of hydrogen-bond acceptors (Lipinski definition) is 7. The lowest BCUT2D eigenvalue weighted by Gasteiger charge is -2.04. The first-order chi connectivity index (χ1) is 13.0. The van der Waals surface area contributed by atoms with Crippen LogP contribution in [-0.4, -0.2) is 33.0 Å². The fourth-order valence-electron chi connectivity index (χ4n) is 2.37. The van der Waals surface area contributed by atoms with Crippen LogP contribution in [0.15, 0.2) is 45.1 Å². The number of fused-ring (bicyclic) bond motifs is 1. The maximum absolute atomic E-state index is 11.7. The van der Waals surface area contributed by atoms with Crippen LogP contribution in [0.1, 0.15) is 6.92 Å². The maximum Gasteiger partial charge on any atom is 0.332 e. The number of nitrogen functional groups attached to an aromatic ring is 1. The Balaban J connectivity index is 0.000000200. The number of benzene rings is 1. The monoisotopic (exact) mass is 408 g/mol. The molecule has 0 unspecified atom stereocenters. The number of carbonyl (C=O) groups excluding carboxylic acids is 1. The summed E-state index contributed by atoms with van der Waals surface area (Å²) < 4.78 is 28.6. The van der Waals surface area contributed by atoms with Gasteiger partial charge in [0.2, 0.25) is 5.91 Å². The van der Waals surface area contributed by atoms with Crippen LogP contribution in [0.3, 0.4) is 0 Å². The first-order valence-electron chi connectivity index (χ1n) is 7.91. The van der Waals surface area contributed by atoms with Gasteiger partial charge in [-0.15, -0.1) is 0 Å². The number of nitrogens with zero attached hydrogens (tertiary/aromatic N) is 4. The molecule has 0 saturated carbocycles. The van der Waals surface area contributed by atoms with Crippen molar-refractivity contribution in [3.05, 3.63) is 51.4 Å². The summed E-state index contributed by atoms with van der Waals surface area (Å²) in [6.07, 6.45) is 1.52. The van der Waals surface area contributed by atoms with Gasteiger partial charge >= 0.3 is 5.69 Å². The Morgan fingerprint density at radius 2 is 1.64 bits per heavy atom. The van der Waals surface area contributed by atoms with E-state index < -0.39 is 15.9 Å². The van der Waals surface area contributed by atoms with Crippen LogP contribution in [0.25, 0.3) is 11.2 Å². The molecule has 0 aliphatic heterocycles. The molecule has 0 spiro atoms. The van der Waals surface area contributed by atoms with Gasteiger partial charge in [0.15, 0.2) is 11.2 Å². The van der Waals surface area contributed by atoms with Crippen molar-refractivity contribution in [2.45, 2.75) is 11.8 Å². The third-order valence-electron chi connectivity index (χ3n) is 3.79. The molecule has 0 bridgehead atoms. The van der Waals surface area contributed by atoms with Gasteiger partial charge in [-0.25, -0.2) is 22.9 Å². The molecule has 28 heavy (non-hydrogen) atoms. The standard InChI is InChI=1S/C8H10N4O2.C8H10N2O3S/c1-10-4-9-6-5(10)7(13)12(3)8(14)11(6)2;1-6(11)10-14(12,13)8-4-2-7(9)3-5-8/h4H,1-3H3;2-5H,9H2,1H3,(H,10,11). The van der Waals surface area contributed by atoms with E-state index in [0.717, 1.165) is 11.5 Å². The zero-order chi connectivity index (χ0) is 21.2. The van der Waals surface area contributed by atoms with E-state index in [2.05, 4.69) is 4.98 Å². The SMILES string of the molecule is CC(=O)NS(=O)(=O)c1ccc(N)cc1.Cn1c(=O)c2c(ncn2C)n(C)c1=O. The van der Waals surface area contributed by atoms with Crippen LogP contribution >= 0.6 is 0 Å². The second-order valence-electron chi connectivity index (χ2n) is 5.96. The molecule has 1 aromatic carbocycles. The Morgan fingerprint density at radius 1 is 1.07 bits per heavy atom. The predicted molar refractivity (Wildman–Crippen MR) is 103 cm³/mol. The molecule has 3 rings (SSSR count). The second kappa shape index (κ2) is 7.68. The van der Waals surface area contributed by atoms with Gasteiger partial charge in [0.25, 0.3) is 15.6 Å². The van der Waals surface area contributed by atoms with Gasteiger partial charge in [0.05, 0.1) is 11.2 Å². The van der Waals surface area contributed by atoms with E-state index in [9.17, 15) is 22.8 Å². The summed E-state index contributed by atoms with van der Waals surface area (Å²) in [4.78, 5) is 37.8. The summed E-state index contributed by atoms with van der Waals surface area (Å²) in [7, 11) is 1.04. The molecule has 12 heteroatoms. The van der Waals surface area contributed by atoms with Crippen LogP contribution in [0, 0.1) is 0 Å². The summed E-state index contributed by atoms with van der Waals surface area (Å²) in [5, 5.41) is 0. The van der Waals surface area contributed by atoms with E-state index in [1.54, 1.807) is 18.7 Å². The number of aromatic nitrogens is 4. The largest absolute Gasteiger partial charge is 0.399 e. The molecule has 2 aromatic heterocycles. The topological polar surface area (TPSA) is 151 Å². The van der Waals surface area contributed by atoms with E-state index >= 15 is 0 Å². The first kappa shape index (κ1) is 20.9. The number of hydrogen-bond donors (Lipinski definition) is 2. The van der Waals surface area contributed by atoms with Crippen LogP contribution in [0.4, 0.5) is 5.69 Å². The average Bonchev–Trinajstić information content (AvgIpc) is 3.00. The minimum atomic E-state index is -3.73. The highest BCUT2D eigenvalue weighted by Gasteiger charge is 2.14. The highest BCUT2D eigenvalue weighted by atomic mass is 32.2. The summed E-state index contributed by atoms with van der Waals surface area (Å²) in [6.45, 7) is 1.13. The van der Waals surface area contributed by atoms with E-state index in [0.29, 0.717) is 16.9 Å². The molecule has 3 N–H and O–H groups in total.